The first-order chi connectivity index (χ1) is 15.9. The molecule has 0 bridgehead atoms. The van der Waals surface area contributed by atoms with Gasteiger partial charge in [0.05, 0.1) is 12.9 Å². The van der Waals surface area contributed by atoms with Crippen LogP contribution >= 0.6 is 23.4 Å². The summed E-state index contributed by atoms with van der Waals surface area (Å²) in [4.78, 5) is 12.6. The number of hydrogen-bond donors (Lipinski definition) is 1. The highest BCUT2D eigenvalue weighted by molar-refractivity contribution is 7.99. The molecule has 0 atom stereocenters. The highest BCUT2D eigenvalue weighted by Crippen LogP contribution is 2.29. The maximum absolute atomic E-state index is 12.6. The lowest BCUT2D eigenvalue weighted by molar-refractivity contribution is -0.113. The van der Waals surface area contributed by atoms with Crippen molar-refractivity contribution in [2.75, 3.05) is 18.2 Å². The maximum atomic E-state index is 12.6. The van der Waals surface area contributed by atoms with Crippen molar-refractivity contribution in [3.05, 3.63) is 82.9 Å². The summed E-state index contributed by atoms with van der Waals surface area (Å²) in [7, 11) is 1.63. The molecule has 0 spiro atoms. The van der Waals surface area contributed by atoms with Crippen molar-refractivity contribution in [3.8, 4) is 22.8 Å². The minimum Gasteiger partial charge on any atom is -0.497 e. The first kappa shape index (κ1) is 22.9. The summed E-state index contributed by atoms with van der Waals surface area (Å²) in [5, 5.41) is 13.0. The zero-order valence-corrected chi connectivity index (χ0v) is 20.1. The Labute approximate surface area is 202 Å². The lowest BCUT2D eigenvalue weighted by atomic mass is 10.2. The van der Waals surface area contributed by atoms with Gasteiger partial charge in [-0.25, -0.2) is 0 Å². The van der Waals surface area contributed by atoms with Crippen molar-refractivity contribution >= 4 is 35.0 Å². The zero-order valence-electron chi connectivity index (χ0n) is 18.5. The van der Waals surface area contributed by atoms with Gasteiger partial charge in [-0.15, -0.1) is 10.2 Å². The molecule has 0 radical (unpaired) electrons. The van der Waals surface area contributed by atoms with Gasteiger partial charge < -0.3 is 10.1 Å². The molecule has 1 N–H and O–H groups in total. The zero-order chi connectivity index (χ0) is 23.4. The second-order valence-electron chi connectivity index (χ2n) is 7.50. The van der Waals surface area contributed by atoms with E-state index in [0.29, 0.717) is 16.0 Å². The summed E-state index contributed by atoms with van der Waals surface area (Å²) in [6, 6.07) is 21.2. The van der Waals surface area contributed by atoms with E-state index in [1.54, 1.807) is 19.2 Å². The number of amides is 1. The summed E-state index contributed by atoms with van der Waals surface area (Å²) in [6.45, 7) is 3.95. The highest BCUT2D eigenvalue weighted by atomic mass is 35.5. The number of hydrogen-bond acceptors (Lipinski definition) is 5. The molecule has 4 aromatic rings. The molecule has 0 aliphatic heterocycles. The Morgan fingerprint density at radius 3 is 2.42 bits per heavy atom. The van der Waals surface area contributed by atoms with Gasteiger partial charge in [0.15, 0.2) is 11.0 Å². The van der Waals surface area contributed by atoms with Crippen molar-refractivity contribution in [1.82, 2.24) is 14.8 Å². The van der Waals surface area contributed by atoms with Gasteiger partial charge in [0.2, 0.25) is 5.91 Å². The molecule has 3 aromatic carbocycles. The van der Waals surface area contributed by atoms with Crippen LogP contribution in [0.2, 0.25) is 5.02 Å². The SMILES string of the molecule is COc1ccc(-c2nnc(SCC(=O)Nc3ccc(Cl)cc3C)n2-c2ccc(C)cc2)cc1. The van der Waals surface area contributed by atoms with E-state index < -0.39 is 0 Å². The van der Waals surface area contributed by atoms with Crippen molar-refractivity contribution in [1.29, 1.82) is 0 Å². The van der Waals surface area contributed by atoms with Gasteiger partial charge in [-0.1, -0.05) is 41.1 Å². The molecule has 0 aliphatic carbocycles. The third kappa shape index (κ3) is 5.38. The second-order valence-corrected chi connectivity index (χ2v) is 8.88. The Balaban J connectivity index is 1.60. The molecular weight excluding hydrogens is 456 g/mol. The number of halogens is 1. The van der Waals surface area contributed by atoms with Crippen LogP contribution in [0.5, 0.6) is 5.75 Å². The highest BCUT2D eigenvalue weighted by Gasteiger charge is 2.18. The molecule has 0 fully saturated rings. The molecule has 168 valence electrons. The van der Waals surface area contributed by atoms with E-state index in [1.165, 1.54) is 11.8 Å². The molecule has 6 nitrogen and oxygen atoms in total. The van der Waals surface area contributed by atoms with Crippen LogP contribution in [0.4, 0.5) is 5.69 Å². The second kappa shape index (κ2) is 10.1. The van der Waals surface area contributed by atoms with E-state index in [4.69, 9.17) is 16.3 Å². The van der Waals surface area contributed by atoms with Crippen LogP contribution in [0, 0.1) is 13.8 Å². The van der Waals surface area contributed by atoms with Gasteiger partial charge in [-0.05, 0) is 74.0 Å². The van der Waals surface area contributed by atoms with E-state index in [2.05, 4.69) is 15.5 Å². The monoisotopic (exact) mass is 478 g/mol. The lowest BCUT2D eigenvalue weighted by Crippen LogP contribution is -2.15. The predicted molar refractivity (Wildman–Crippen MR) is 134 cm³/mol. The number of carbonyl (C=O) groups is 1. The normalized spacial score (nSPS) is 10.8. The molecular formula is C25H23ClN4O2S. The third-order valence-electron chi connectivity index (χ3n) is 5.07. The number of aromatic nitrogens is 3. The number of aryl methyl sites for hydroxylation is 2. The van der Waals surface area contributed by atoms with Gasteiger partial charge in [-0.2, -0.15) is 0 Å². The van der Waals surface area contributed by atoms with E-state index in [0.717, 1.165) is 33.8 Å². The van der Waals surface area contributed by atoms with Crippen LogP contribution in [-0.2, 0) is 4.79 Å². The predicted octanol–water partition coefficient (Wildman–Crippen LogP) is 5.94. The average Bonchev–Trinajstić information content (AvgIpc) is 3.24. The number of nitrogens with one attached hydrogen (secondary N) is 1. The summed E-state index contributed by atoms with van der Waals surface area (Å²) in [5.41, 5.74) is 4.63. The van der Waals surface area contributed by atoms with Gasteiger partial charge >= 0.3 is 0 Å². The van der Waals surface area contributed by atoms with E-state index >= 15 is 0 Å². The standard InChI is InChI=1S/C25H23ClN4O2S/c1-16-4-9-20(10-5-16)30-24(18-6-11-21(32-3)12-7-18)28-29-25(30)33-15-23(31)27-22-13-8-19(26)14-17(22)2/h4-14H,15H2,1-3H3,(H,27,31). The summed E-state index contributed by atoms with van der Waals surface area (Å²) >= 11 is 7.34. The number of nitrogens with zero attached hydrogens (tertiary/aromatic N) is 3. The van der Waals surface area contributed by atoms with Crippen LogP contribution in [0.1, 0.15) is 11.1 Å². The molecule has 1 amide bonds. The number of benzene rings is 3. The molecule has 0 unspecified atom stereocenters. The molecule has 1 aromatic heterocycles. The average molecular weight is 479 g/mol. The van der Waals surface area contributed by atoms with Gasteiger partial charge in [0, 0.05) is 22.0 Å². The lowest BCUT2D eigenvalue weighted by Gasteiger charge is -2.12. The van der Waals surface area contributed by atoms with E-state index in [9.17, 15) is 4.79 Å². The van der Waals surface area contributed by atoms with Crippen LogP contribution < -0.4 is 10.1 Å². The molecule has 0 aliphatic rings. The van der Waals surface area contributed by atoms with E-state index in [1.807, 2.05) is 73.0 Å². The topological polar surface area (TPSA) is 69.0 Å². The van der Waals surface area contributed by atoms with Crippen molar-refractivity contribution in [3.63, 3.8) is 0 Å². The van der Waals surface area contributed by atoms with Crippen molar-refractivity contribution in [2.45, 2.75) is 19.0 Å². The number of ether oxygens (including phenoxy) is 1. The Kier molecular flexibility index (Phi) is 7.01. The number of anilines is 1. The largest absolute Gasteiger partial charge is 0.497 e. The molecule has 1 heterocycles. The summed E-state index contributed by atoms with van der Waals surface area (Å²) < 4.78 is 7.23. The molecule has 0 saturated heterocycles. The number of rotatable bonds is 7. The molecule has 0 saturated carbocycles. The molecule has 33 heavy (non-hydrogen) atoms. The first-order valence-corrected chi connectivity index (χ1v) is 11.7. The van der Waals surface area contributed by atoms with Gasteiger partial charge in [0.25, 0.3) is 0 Å². The minimum atomic E-state index is -0.130. The van der Waals surface area contributed by atoms with Crippen molar-refractivity contribution < 1.29 is 9.53 Å². The fraction of sp³-hybridized carbons (Fsp3) is 0.160. The molecule has 4 rings (SSSR count). The number of thioether (sulfide) groups is 1. The molecule has 8 heteroatoms. The number of carbonyl (C=O) groups excluding carboxylic acids is 1. The number of methoxy groups -OCH3 is 1. The maximum Gasteiger partial charge on any atom is 0.234 e. The quantitative estimate of drug-likeness (QED) is 0.333. The Morgan fingerprint density at radius 2 is 1.76 bits per heavy atom. The Morgan fingerprint density at radius 1 is 1.03 bits per heavy atom. The van der Waals surface area contributed by atoms with Gasteiger partial charge in [-0.3, -0.25) is 9.36 Å². The first-order valence-electron chi connectivity index (χ1n) is 10.3. The Bertz CT molecular complexity index is 1270. The summed E-state index contributed by atoms with van der Waals surface area (Å²) in [6.07, 6.45) is 0. The fourth-order valence-corrected chi connectivity index (χ4v) is 4.28. The van der Waals surface area contributed by atoms with Gasteiger partial charge in [0.1, 0.15) is 5.75 Å². The smallest absolute Gasteiger partial charge is 0.234 e. The summed E-state index contributed by atoms with van der Waals surface area (Å²) in [5.74, 6) is 1.52. The van der Waals surface area contributed by atoms with E-state index in [-0.39, 0.29) is 11.7 Å². The van der Waals surface area contributed by atoms with Crippen LogP contribution in [0.3, 0.4) is 0 Å². The van der Waals surface area contributed by atoms with Crippen LogP contribution in [0.25, 0.3) is 17.1 Å². The third-order valence-corrected chi connectivity index (χ3v) is 6.23. The Hall–Kier alpha value is -3.29. The van der Waals surface area contributed by atoms with Crippen molar-refractivity contribution in [2.24, 2.45) is 0 Å². The van der Waals surface area contributed by atoms with Crippen LogP contribution in [0.15, 0.2) is 71.9 Å². The minimum absolute atomic E-state index is 0.130. The van der Waals surface area contributed by atoms with Crippen LogP contribution in [-0.4, -0.2) is 33.5 Å². The fourth-order valence-electron chi connectivity index (χ4n) is 3.30.